The number of hydrogen-bond donors (Lipinski definition) is 3. The van der Waals surface area contributed by atoms with Gasteiger partial charge in [-0.3, -0.25) is 4.79 Å². The molecule has 0 bridgehead atoms. The third-order valence-electron chi connectivity index (χ3n) is 5.37. The van der Waals surface area contributed by atoms with Crippen molar-refractivity contribution in [3.8, 4) is 0 Å². The van der Waals surface area contributed by atoms with Crippen molar-refractivity contribution in [2.24, 2.45) is 0 Å². The van der Waals surface area contributed by atoms with E-state index < -0.39 is 0 Å². The molecule has 0 unspecified atom stereocenters. The first kappa shape index (κ1) is 17.7. The van der Waals surface area contributed by atoms with E-state index in [1.165, 1.54) is 4.90 Å². The average Bonchev–Trinajstić information content (AvgIpc) is 3.05. The van der Waals surface area contributed by atoms with E-state index in [1.54, 1.807) is 0 Å². The zero-order valence-electron chi connectivity index (χ0n) is 15.8. The van der Waals surface area contributed by atoms with Crippen molar-refractivity contribution >= 4 is 17.1 Å². The number of aromatic amines is 1. The van der Waals surface area contributed by atoms with Gasteiger partial charge in [-0.15, -0.1) is 0 Å². The minimum absolute atomic E-state index is 0.131. The Bertz CT molecular complexity index is 973. The summed E-state index contributed by atoms with van der Waals surface area (Å²) < 4.78 is 7.40. The molecule has 0 radical (unpaired) electrons. The maximum atomic E-state index is 13.0. The zero-order chi connectivity index (χ0) is 18.8. The normalized spacial score (nSPS) is 15.2. The number of carbonyl (C=O) groups excluding carboxylic acids is 1. The number of pyridine rings is 1. The third kappa shape index (κ3) is 3.59. The van der Waals surface area contributed by atoms with Crippen molar-refractivity contribution < 1.29 is 18.8 Å². The lowest BCUT2D eigenvalue weighted by atomic mass is 10.1. The average molecular weight is 366 g/mol. The summed E-state index contributed by atoms with van der Waals surface area (Å²) in [5.74, 6) is 0.419. The molecule has 1 aliphatic rings. The van der Waals surface area contributed by atoms with Gasteiger partial charge >= 0.3 is 11.7 Å². The van der Waals surface area contributed by atoms with Crippen LogP contribution in [0.1, 0.15) is 27.4 Å². The quantitative estimate of drug-likeness (QED) is 0.604. The highest BCUT2D eigenvalue weighted by Gasteiger charge is 2.27. The number of fused-ring (bicyclic) bond motifs is 1. The van der Waals surface area contributed by atoms with Crippen LogP contribution in [0.3, 0.4) is 0 Å². The lowest BCUT2D eigenvalue weighted by molar-refractivity contribution is -0.921. The van der Waals surface area contributed by atoms with Gasteiger partial charge in [-0.25, -0.2) is 4.98 Å². The molecular weight excluding hydrogens is 340 g/mol. The van der Waals surface area contributed by atoms with Crippen molar-refractivity contribution in [1.82, 2.24) is 4.98 Å². The van der Waals surface area contributed by atoms with Crippen LogP contribution in [0.2, 0.25) is 0 Å². The highest BCUT2D eigenvalue weighted by Crippen LogP contribution is 2.18. The molecule has 1 fully saturated rings. The highest BCUT2D eigenvalue weighted by atomic mass is 16.5. The number of ether oxygens (including phenoxy) is 1. The van der Waals surface area contributed by atoms with Crippen LogP contribution in [0.4, 0.5) is 5.69 Å². The molecule has 0 spiro atoms. The Morgan fingerprint density at radius 1 is 1.19 bits per heavy atom. The van der Waals surface area contributed by atoms with Crippen LogP contribution >= 0.6 is 0 Å². The molecule has 0 saturated carbocycles. The summed E-state index contributed by atoms with van der Waals surface area (Å²) in [4.78, 5) is 17.9. The van der Waals surface area contributed by atoms with E-state index in [9.17, 15) is 4.79 Å². The molecule has 4 rings (SSSR count). The first-order valence-electron chi connectivity index (χ1n) is 9.43. The second-order valence-electron chi connectivity index (χ2n) is 7.15. The fourth-order valence-electron chi connectivity index (χ4n) is 3.61. The molecule has 6 heteroatoms. The monoisotopic (exact) mass is 366 g/mol. The summed E-state index contributed by atoms with van der Waals surface area (Å²) in [6.45, 7) is 8.49. The van der Waals surface area contributed by atoms with Gasteiger partial charge in [-0.2, -0.15) is 4.40 Å². The maximum Gasteiger partial charge on any atom is 0.351 e. The van der Waals surface area contributed by atoms with Gasteiger partial charge in [0.05, 0.1) is 19.4 Å². The Balaban J connectivity index is 1.64. The number of amides is 1. The highest BCUT2D eigenvalue weighted by molar-refractivity contribution is 6.01. The third-order valence-corrected chi connectivity index (χ3v) is 5.37. The molecule has 1 amide bonds. The van der Waals surface area contributed by atoms with E-state index in [-0.39, 0.29) is 5.91 Å². The number of morpholine rings is 1. The SMILES string of the molecule is Cc1cccc(NC(=O)c2[nH]c(C[NH+]3CCOCC3)c3cccc[n+]23)c1C. The van der Waals surface area contributed by atoms with Gasteiger partial charge < -0.3 is 15.0 Å². The Kier molecular flexibility index (Phi) is 4.92. The largest absolute Gasteiger partial charge is 0.370 e. The molecule has 1 aliphatic heterocycles. The fraction of sp³-hybridized carbons (Fsp3) is 0.333. The van der Waals surface area contributed by atoms with Crippen molar-refractivity contribution in [1.29, 1.82) is 0 Å². The van der Waals surface area contributed by atoms with Gasteiger partial charge in [-0.1, -0.05) is 18.2 Å². The number of anilines is 1. The van der Waals surface area contributed by atoms with Gasteiger partial charge in [0.15, 0.2) is 5.52 Å². The van der Waals surface area contributed by atoms with Gasteiger partial charge in [0.25, 0.3) is 0 Å². The second kappa shape index (κ2) is 7.50. The summed E-state index contributed by atoms with van der Waals surface area (Å²) in [6.07, 6.45) is 1.93. The van der Waals surface area contributed by atoms with E-state index in [0.717, 1.165) is 60.9 Å². The molecule has 0 atom stereocenters. The van der Waals surface area contributed by atoms with Crippen molar-refractivity contribution in [2.75, 3.05) is 31.6 Å². The van der Waals surface area contributed by atoms with Crippen LogP contribution in [-0.2, 0) is 11.3 Å². The fourth-order valence-corrected chi connectivity index (χ4v) is 3.61. The molecule has 3 aromatic rings. The molecule has 27 heavy (non-hydrogen) atoms. The van der Waals surface area contributed by atoms with Gasteiger partial charge in [0, 0.05) is 5.69 Å². The zero-order valence-corrected chi connectivity index (χ0v) is 15.8. The topological polar surface area (TPSA) is 62.7 Å². The van der Waals surface area contributed by atoms with E-state index in [1.807, 2.05) is 54.8 Å². The Morgan fingerprint density at radius 3 is 2.81 bits per heavy atom. The summed E-state index contributed by atoms with van der Waals surface area (Å²) in [5, 5.41) is 3.06. The molecule has 2 aromatic heterocycles. The first-order chi connectivity index (χ1) is 13.1. The Hall–Kier alpha value is -2.70. The number of aryl methyl sites for hydroxylation is 1. The first-order valence-corrected chi connectivity index (χ1v) is 9.43. The maximum absolute atomic E-state index is 13.0. The molecule has 3 heterocycles. The summed E-state index contributed by atoms with van der Waals surface area (Å²) in [5.41, 5.74) is 5.22. The number of aromatic nitrogens is 2. The van der Waals surface area contributed by atoms with Crippen molar-refractivity contribution in [3.63, 3.8) is 0 Å². The predicted molar refractivity (Wildman–Crippen MR) is 103 cm³/mol. The second-order valence-corrected chi connectivity index (χ2v) is 7.15. The number of quaternary nitrogens is 1. The number of benzene rings is 1. The molecule has 6 nitrogen and oxygen atoms in total. The molecular formula is C21H26N4O2+2. The predicted octanol–water partition coefficient (Wildman–Crippen LogP) is 1.04. The summed E-state index contributed by atoms with van der Waals surface area (Å²) in [7, 11) is 0. The Morgan fingerprint density at radius 2 is 2.00 bits per heavy atom. The number of H-pyrrole nitrogens is 1. The smallest absolute Gasteiger partial charge is 0.351 e. The van der Waals surface area contributed by atoms with Gasteiger partial charge in [-0.05, 0) is 43.2 Å². The minimum atomic E-state index is -0.131. The molecule has 1 aromatic carbocycles. The van der Waals surface area contributed by atoms with Crippen LogP contribution in [0.15, 0.2) is 42.6 Å². The van der Waals surface area contributed by atoms with Crippen LogP contribution in [0, 0.1) is 13.8 Å². The van der Waals surface area contributed by atoms with Crippen LogP contribution in [-0.4, -0.2) is 37.2 Å². The van der Waals surface area contributed by atoms with Crippen molar-refractivity contribution in [2.45, 2.75) is 20.4 Å². The summed E-state index contributed by atoms with van der Waals surface area (Å²) in [6, 6.07) is 12.0. The number of nitrogens with zero attached hydrogens (tertiary/aromatic N) is 1. The number of carbonyl (C=O) groups is 1. The molecule has 3 N–H and O–H groups in total. The van der Waals surface area contributed by atoms with Gasteiger partial charge in [0.2, 0.25) is 5.69 Å². The lowest BCUT2D eigenvalue weighted by Gasteiger charge is -2.22. The van der Waals surface area contributed by atoms with E-state index in [4.69, 9.17) is 4.74 Å². The van der Waals surface area contributed by atoms with Crippen LogP contribution in [0.5, 0.6) is 0 Å². The molecule has 1 saturated heterocycles. The summed E-state index contributed by atoms with van der Waals surface area (Å²) >= 11 is 0. The number of rotatable bonds is 4. The molecule has 0 aliphatic carbocycles. The standard InChI is InChI=1S/C21H24N4O2/c1-15-6-5-7-17(16(15)2)23-21(26)20-22-18(14-24-10-12-27-13-11-24)19-8-3-4-9-25(19)20/h3-9H,10-14H2,1-2H3,(H,23,26)/p+2. The minimum Gasteiger partial charge on any atom is -0.370 e. The van der Waals surface area contributed by atoms with E-state index in [0.29, 0.717) is 5.82 Å². The molecule has 140 valence electrons. The van der Waals surface area contributed by atoms with Crippen LogP contribution in [0.25, 0.3) is 5.52 Å². The van der Waals surface area contributed by atoms with E-state index in [2.05, 4.69) is 16.4 Å². The lowest BCUT2D eigenvalue weighted by Crippen LogP contribution is -3.12. The Labute approximate surface area is 158 Å². The number of hydrogen-bond acceptors (Lipinski definition) is 2. The van der Waals surface area contributed by atoms with E-state index >= 15 is 0 Å². The van der Waals surface area contributed by atoms with Gasteiger partial charge in [0.1, 0.15) is 19.6 Å². The number of nitrogens with one attached hydrogen (secondary N) is 3. The number of imidazole rings is 1. The van der Waals surface area contributed by atoms with Crippen molar-refractivity contribution in [3.05, 3.63) is 65.2 Å². The van der Waals surface area contributed by atoms with Crippen LogP contribution < -0.4 is 14.6 Å².